The van der Waals surface area contributed by atoms with Crippen molar-refractivity contribution in [2.45, 2.75) is 75.5 Å². The van der Waals surface area contributed by atoms with Crippen LogP contribution in [0.5, 0.6) is 0 Å². The Morgan fingerprint density at radius 1 is 0.545 bits per heavy atom. The lowest BCUT2D eigenvalue weighted by Crippen LogP contribution is -2.50. The Kier molecular flexibility index (Phi) is 5.09. The van der Waals surface area contributed by atoms with Gasteiger partial charge in [0.1, 0.15) is 0 Å². The first-order valence-electron chi connectivity index (χ1n) is 7.63. The van der Waals surface area contributed by atoms with Crippen LogP contribution in [0, 0.1) is 30.6 Å². The predicted octanol–water partition coefficient (Wildman–Crippen LogP) is 1.63. The SMILES string of the molecule is O=[N+]([O-])[C@@H]1CCCC[C@@H]1/[N+]([O-])=[N+](\[O-])[C@@H]1CCCC[C@@H]1[N+](=O)[O-]. The van der Waals surface area contributed by atoms with Crippen LogP contribution in [-0.2, 0) is 0 Å². The van der Waals surface area contributed by atoms with Gasteiger partial charge in [0, 0.05) is 45.3 Å². The van der Waals surface area contributed by atoms with Crippen molar-refractivity contribution in [2.75, 3.05) is 0 Å². The van der Waals surface area contributed by atoms with Crippen LogP contribution in [0.4, 0.5) is 0 Å². The van der Waals surface area contributed by atoms with E-state index in [2.05, 4.69) is 0 Å². The van der Waals surface area contributed by atoms with Gasteiger partial charge in [0.2, 0.25) is 0 Å². The number of azo groups is 1. The third kappa shape index (κ3) is 3.25. The van der Waals surface area contributed by atoms with Crippen molar-refractivity contribution in [1.29, 1.82) is 0 Å². The molecule has 2 rings (SSSR count). The molecule has 22 heavy (non-hydrogen) atoms. The topological polar surface area (TPSA) is 138 Å². The van der Waals surface area contributed by atoms with Gasteiger partial charge in [-0.05, 0) is 25.7 Å². The van der Waals surface area contributed by atoms with Crippen molar-refractivity contribution in [1.82, 2.24) is 0 Å². The molecular weight excluding hydrogens is 296 g/mol. The summed E-state index contributed by atoms with van der Waals surface area (Å²) in [5.74, 6) is 0. The van der Waals surface area contributed by atoms with Crippen molar-refractivity contribution < 1.29 is 19.6 Å². The highest BCUT2D eigenvalue weighted by atomic mass is 16.6. The zero-order valence-corrected chi connectivity index (χ0v) is 12.2. The van der Waals surface area contributed by atoms with Crippen LogP contribution >= 0.6 is 0 Å². The van der Waals surface area contributed by atoms with Crippen LogP contribution in [0.1, 0.15) is 51.4 Å². The smallest absolute Gasteiger partial charge is 0.295 e. The lowest BCUT2D eigenvalue weighted by molar-refractivity contribution is -1.01. The highest BCUT2D eigenvalue weighted by Crippen LogP contribution is 2.26. The van der Waals surface area contributed by atoms with Gasteiger partial charge in [0.25, 0.3) is 24.2 Å². The Labute approximate surface area is 126 Å². The lowest BCUT2D eigenvalue weighted by atomic mass is 9.90. The minimum absolute atomic E-state index is 0.0963. The summed E-state index contributed by atoms with van der Waals surface area (Å²) in [6, 6.07) is -4.23. The van der Waals surface area contributed by atoms with E-state index >= 15 is 0 Å². The van der Waals surface area contributed by atoms with Crippen molar-refractivity contribution in [3.05, 3.63) is 30.6 Å². The molecule has 0 bridgehead atoms. The first-order chi connectivity index (χ1) is 10.4. The second-order valence-electron chi connectivity index (χ2n) is 6.01. The summed E-state index contributed by atoms with van der Waals surface area (Å²) in [6.45, 7) is 0. The number of nitro groups is 2. The molecule has 0 unspecified atom stereocenters. The molecule has 0 aromatic rings. The molecule has 0 aliphatic heterocycles. The molecule has 0 radical (unpaired) electrons. The Bertz CT molecular complexity index is 440. The fourth-order valence-electron chi connectivity index (χ4n) is 3.48. The maximum atomic E-state index is 12.3. The zero-order valence-electron chi connectivity index (χ0n) is 12.2. The molecule has 2 fully saturated rings. The Morgan fingerprint density at radius 2 is 0.818 bits per heavy atom. The van der Waals surface area contributed by atoms with E-state index in [1.807, 2.05) is 0 Å². The molecular formula is C12H20N4O6. The maximum absolute atomic E-state index is 12.3. The van der Waals surface area contributed by atoms with Crippen LogP contribution in [0.15, 0.2) is 0 Å². The van der Waals surface area contributed by atoms with Crippen molar-refractivity contribution in [3.8, 4) is 0 Å². The van der Waals surface area contributed by atoms with E-state index in [1.165, 1.54) is 0 Å². The maximum Gasteiger partial charge on any atom is 0.295 e. The fourth-order valence-corrected chi connectivity index (χ4v) is 3.48. The molecule has 0 N–H and O–H groups in total. The summed E-state index contributed by atoms with van der Waals surface area (Å²) < 4.78 is 0. The van der Waals surface area contributed by atoms with Gasteiger partial charge in [-0.15, -0.1) is 0 Å². The van der Waals surface area contributed by atoms with E-state index in [9.17, 15) is 30.6 Å². The molecule has 0 spiro atoms. The van der Waals surface area contributed by atoms with Gasteiger partial charge in [-0.3, -0.25) is 20.2 Å². The fraction of sp³-hybridized carbons (Fsp3) is 1.00. The summed E-state index contributed by atoms with van der Waals surface area (Å²) in [5.41, 5.74) is 0. The standard InChI is InChI=1S/C12H20N4O6/c17-13(9-5-1-3-7-11(9)15(19)20)14(18)10-6-2-4-8-12(10)16(21)22/h9-12H,1-8H2/b14-13+/t9-,10+,11+,12-. The van der Waals surface area contributed by atoms with Gasteiger partial charge >= 0.3 is 0 Å². The van der Waals surface area contributed by atoms with Gasteiger partial charge in [-0.2, -0.15) is 0 Å². The summed E-state index contributed by atoms with van der Waals surface area (Å²) >= 11 is 0. The average Bonchev–Trinajstić information content (AvgIpc) is 2.53. The van der Waals surface area contributed by atoms with Gasteiger partial charge in [-0.25, -0.2) is 0 Å². The zero-order chi connectivity index (χ0) is 16.3. The number of hydroxylamine groups is 2. The summed E-state index contributed by atoms with van der Waals surface area (Å²) in [5, 5.41) is 46.7. The second kappa shape index (κ2) is 6.84. The number of rotatable bonds is 4. The van der Waals surface area contributed by atoms with E-state index < -0.39 is 34.0 Å². The predicted molar refractivity (Wildman–Crippen MR) is 73.3 cm³/mol. The quantitative estimate of drug-likeness (QED) is 0.334. The summed E-state index contributed by atoms with van der Waals surface area (Å²) in [6.07, 6.45) is 3.63. The van der Waals surface area contributed by atoms with Gasteiger partial charge in [0.05, 0.1) is 0 Å². The Morgan fingerprint density at radius 3 is 1.09 bits per heavy atom. The van der Waals surface area contributed by atoms with Crippen LogP contribution in [0.3, 0.4) is 0 Å². The summed E-state index contributed by atoms with van der Waals surface area (Å²) in [7, 11) is 0. The molecule has 0 saturated heterocycles. The van der Waals surface area contributed by atoms with E-state index in [4.69, 9.17) is 0 Å². The highest BCUT2D eigenvalue weighted by Gasteiger charge is 2.49. The minimum Gasteiger partial charge on any atom is -0.567 e. The molecule has 0 aromatic carbocycles. The van der Waals surface area contributed by atoms with Gasteiger partial charge in [0.15, 0.2) is 0 Å². The molecule has 10 heteroatoms. The molecule has 2 aliphatic carbocycles. The normalized spacial score (nSPS) is 33.8. The number of hydrogen-bond donors (Lipinski definition) is 0. The van der Waals surface area contributed by atoms with E-state index in [0.717, 1.165) is 0 Å². The van der Waals surface area contributed by atoms with E-state index in [1.54, 1.807) is 0 Å². The highest BCUT2D eigenvalue weighted by molar-refractivity contribution is 4.76. The average molecular weight is 316 g/mol. The molecule has 124 valence electrons. The number of hydrogen-bond acceptors (Lipinski definition) is 6. The number of nitrogens with zero attached hydrogens (tertiary/aromatic N) is 4. The third-order valence-corrected chi connectivity index (χ3v) is 4.69. The van der Waals surface area contributed by atoms with Gasteiger partial charge < -0.3 is 10.4 Å². The monoisotopic (exact) mass is 316 g/mol. The third-order valence-electron chi connectivity index (χ3n) is 4.69. The molecule has 4 atom stereocenters. The molecule has 0 amide bonds. The lowest BCUT2D eigenvalue weighted by Gasteiger charge is -2.25. The first kappa shape index (κ1) is 16.4. The van der Waals surface area contributed by atoms with E-state index in [-0.39, 0.29) is 35.4 Å². The Balaban J connectivity index is 2.25. The van der Waals surface area contributed by atoms with E-state index in [0.29, 0.717) is 25.7 Å². The molecule has 0 heterocycles. The van der Waals surface area contributed by atoms with Crippen molar-refractivity contribution >= 4 is 0 Å². The second-order valence-corrected chi connectivity index (χ2v) is 6.01. The van der Waals surface area contributed by atoms with Gasteiger partial charge in [-0.1, -0.05) is 0 Å². The van der Waals surface area contributed by atoms with Crippen molar-refractivity contribution in [3.63, 3.8) is 0 Å². The molecule has 0 aromatic heterocycles. The largest absolute Gasteiger partial charge is 0.567 e. The van der Waals surface area contributed by atoms with Crippen LogP contribution in [0.25, 0.3) is 0 Å². The summed E-state index contributed by atoms with van der Waals surface area (Å²) in [4.78, 5) is 21.3. The minimum atomic E-state index is -1.08. The molecule has 2 saturated carbocycles. The Hall–Kier alpha value is -2.00. The molecule has 10 nitrogen and oxygen atoms in total. The first-order valence-corrected chi connectivity index (χ1v) is 7.63. The molecule has 2 aliphatic rings. The van der Waals surface area contributed by atoms with Crippen LogP contribution in [-0.4, -0.2) is 43.7 Å². The van der Waals surface area contributed by atoms with Crippen molar-refractivity contribution in [2.24, 2.45) is 0 Å². The van der Waals surface area contributed by atoms with Crippen LogP contribution in [0.2, 0.25) is 0 Å². The van der Waals surface area contributed by atoms with Crippen LogP contribution < -0.4 is 0 Å².